The Kier molecular flexibility index (Phi) is 3.38. The van der Waals surface area contributed by atoms with Crippen LogP contribution in [0.1, 0.15) is 12.0 Å². The number of sulfonamides is 1. The number of alkyl halides is 2. The van der Waals surface area contributed by atoms with Gasteiger partial charge in [-0.2, -0.15) is 4.39 Å². The zero-order valence-corrected chi connectivity index (χ0v) is 8.76. The second-order valence-corrected chi connectivity index (χ2v) is 4.21. The average Bonchev–Trinajstić information content (AvgIpc) is 2.15. The van der Waals surface area contributed by atoms with Crippen molar-refractivity contribution in [3.63, 3.8) is 0 Å². The van der Waals surface area contributed by atoms with Gasteiger partial charge in [-0.3, -0.25) is 0 Å². The summed E-state index contributed by atoms with van der Waals surface area (Å²) in [5.41, 5.74) is -0.999. The predicted octanol–water partition coefficient (Wildman–Crippen LogP) is 0.814. The lowest BCUT2D eigenvalue weighted by Crippen LogP contribution is -2.17. The first-order valence-electron chi connectivity index (χ1n) is 3.82. The maximum atomic E-state index is 13.0. The third-order valence-electron chi connectivity index (χ3n) is 1.70. The summed E-state index contributed by atoms with van der Waals surface area (Å²) in [5.74, 6) is -2.24. The lowest BCUT2D eigenvalue weighted by Gasteiger charge is -2.11. The second kappa shape index (κ2) is 4.26. The van der Waals surface area contributed by atoms with Crippen LogP contribution in [0.2, 0.25) is 0 Å². The van der Waals surface area contributed by atoms with E-state index in [4.69, 9.17) is 5.14 Å². The van der Waals surface area contributed by atoms with E-state index in [2.05, 4.69) is 9.72 Å². The molecule has 1 aromatic rings. The summed E-state index contributed by atoms with van der Waals surface area (Å²) in [4.78, 5) is 1.87. The lowest BCUT2D eigenvalue weighted by molar-refractivity contribution is 0.146. The number of hydrogen-bond acceptors (Lipinski definition) is 4. The Morgan fingerprint density at radius 3 is 2.44 bits per heavy atom. The van der Waals surface area contributed by atoms with E-state index in [0.29, 0.717) is 6.20 Å². The van der Waals surface area contributed by atoms with Crippen LogP contribution >= 0.6 is 0 Å². The highest BCUT2D eigenvalue weighted by atomic mass is 32.2. The van der Waals surface area contributed by atoms with Crippen LogP contribution < -0.4 is 9.88 Å². The number of nitrogens with two attached hydrogens (primary N) is 1. The molecule has 5 nitrogen and oxygen atoms in total. The molecule has 0 aliphatic rings. The Bertz CT molecular complexity index is 504. The topological polar surface area (TPSA) is 82.3 Å². The Morgan fingerprint density at radius 2 is 2.06 bits per heavy atom. The second-order valence-electron chi connectivity index (χ2n) is 2.71. The Hall–Kier alpha value is -1.35. The van der Waals surface area contributed by atoms with Crippen molar-refractivity contribution >= 4 is 10.0 Å². The van der Waals surface area contributed by atoms with Gasteiger partial charge in [0, 0.05) is 6.20 Å². The molecule has 1 heterocycles. The molecule has 0 bridgehead atoms. The van der Waals surface area contributed by atoms with Crippen molar-refractivity contribution in [3.05, 3.63) is 17.7 Å². The van der Waals surface area contributed by atoms with Gasteiger partial charge in [0.1, 0.15) is 4.90 Å². The zero-order valence-electron chi connectivity index (χ0n) is 7.95. The molecule has 0 unspecified atom stereocenters. The minimum absolute atomic E-state index is 0.405. The maximum Gasteiger partial charge on any atom is 0.266 e. The molecule has 0 radical (unpaired) electrons. The number of primary sulfonamides is 1. The fourth-order valence-corrected chi connectivity index (χ4v) is 1.99. The molecule has 90 valence electrons. The molecule has 1 aromatic heterocycles. The SMILES string of the molecule is COc1c(F)ncc(C(F)F)c1S(N)(=O)=O. The third kappa shape index (κ3) is 2.25. The van der Waals surface area contributed by atoms with Crippen molar-refractivity contribution < 1.29 is 26.3 Å². The molecule has 0 aromatic carbocycles. The van der Waals surface area contributed by atoms with Crippen molar-refractivity contribution in [2.45, 2.75) is 11.3 Å². The number of methoxy groups -OCH3 is 1. The maximum absolute atomic E-state index is 13.0. The largest absolute Gasteiger partial charge is 0.491 e. The molecule has 0 atom stereocenters. The first kappa shape index (κ1) is 12.7. The first-order chi connectivity index (χ1) is 7.29. The standard InChI is InChI=1S/C7H7F3N2O3S/c1-15-4-5(16(11,13)14)3(6(8)9)2-12-7(4)10/h2,6H,1H3,(H2,11,13,14). The molecule has 0 fully saturated rings. The van der Waals surface area contributed by atoms with Gasteiger partial charge in [-0.1, -0.05) is 0 Å². The van der Waals surface area contributed by atoms with Gasteiger partial charge < -0.3 is 4.74 Å². The number of ether oxygens (including phenoxy) is 1. The molecule has 1 rings (SSSR count). The van der Waals surface area contributed by atoms with E-state index in [9.17, 15) is 21.6 Å². The van der Waals surface area contributed by atoms with Crippen LogP contribution in [0.15, 0.2) is 11.1 Å². The quantitative estimate of drug-likeness (QED) is 0.811. The van der Waals surface area contributed by atoms with E-state index in [1.54, 1.807) is 0 Å². The number of hydrogen-bond donors (Lipinski definition) is 1. The van der Waals surface area contributed by atoms with E-state index in [1.807, 2.05) is 0 Å². The van der Waals surface area contributed by atoms with Crippen LogP contribution in [-0.4, -0.2) is 20.5 Å². The van der Waals surface area contributed by atoms with Gasteiger partial charge >= 0.3 is 0 Å². The molecule has 2 N–H and O–H groups in total. The number of halogens is 3. The summed E-state index contributed by atoms with van der Waals surface area (Å²) in [6.07, 6.45) is -2.75. The Balaban J connectivity index is 3.68. The monoisotopic (exact) mass is 256 g/mol. The van der Waals surface area contributed by atoms with E-state index >= 15 is 0 Å². The lowest BCUT2D eigenvalue weighted by atomic mass is 10.3. The molecule has 0 aliphatic carbocycles. The van der Waals surface area contributed by atoms with E-state index in [1.165, 1.54) is 0 Å². The van der Waals surface area contributed by atoms with Gasteiger partial charge in [0.05, 0.1) is 12.7 Å². The summed E-state index contributed by atoms with van der Waals surface area (Å²) in [7, 11) is -3.61. The molecule has 0 aliphatic heterocycles. The summed E-state index contributed by atoms with van der Waals surface area (Å²) < 4.78 is 64.4. The molecule has 0 amide bonds. The number of nitrogens with zero attached hydrogens (tertiary/aromatic N) is 1. The molecule has 0 spiro atoms. The minimum Gasteiger partial charge on any atom is -0.491 e. The normalized spacial score (nSPS) is 11.9. The van der Waals surface area contributed by atoms with Crippen LogP contribution in [0, 0.1) is 5.95 Å². The summed E-state index contributed by atoms with van der Waals surface area (Å²) in [6.45, 7) is 0. The predicted molar refractivity (Wildman–Crippen MR) is 47.1 cm³/mol. The first-order valence-corrected chi connectivity index (χ1v) is 5.37. The van der Waals surface area contributed by atoms with Gasteiger partial charge in [-0.05, 0) is 0 Å². The van der Waals surface area contributed by atoms with Crippen molar-refractivity contribution in [1.29, 1.82) is 0 Å². The third-order valence-corrected chi connectivity index (χ3v) is 2.69. The highest BCUT2D eigenvalue weighted by molar-refractivity contribution is 7.89. The van der Waals surface area contributed by atoms with E-state index in [0.717, 1.165) is 7.11 Å². The number of rotatable bonds is 3. The molecule has 9 heteroatoms. The molecule has 16 heavy (non-hydrogen) atoms. The summed E-state index contributed by atoms with van der Waals surface area (Å²) in [6, 6.07) is 0. The van der Waals surface area contributed by atoms with E-state index in [-0.39, 0.29) is 0 Å². The number of aromatic nitrogens is 1. The minimum atomic E-state index is -4.53. The van der Waals surface area contributed by atoms with Crippen LogP contribution in [0.5, 0.6) is 5.75 Å². The number of pyridine rings is 1. The average molecular weight is 256 g/mol. The van der Waals surface area contributed by atoms with Crippen LogP contribution in [0.25, 0.3) is 0 Å². The zero-order chi connectivity index (χ0) is 12.5. The molecular formula is C7H7F3N2O3S. The van der Waals surface area contributed by atoms with Gasteiger partial charge in [0.2, 0.25) is 10.0 Å². The van der Waals surface area contributed by atoms with Gasteiger partial charge in [-0.15, -0.1) is 0 Å². The fraction of sp³-hybridized carbons (Fsp3) is 0.286. The van der Waals surface area contributed by atoms with Crippen LogP contribution in [-0.2, 0) is 10.0 Å². The summed E-state index contributed by atoms with van der Waals surface area (Å²) >= 11 is 0. The van der Waals surface area contributed by atoms with Gasteiger partial charge in [0.15, 0.2) is 5.75 Å². The molecule has 0 saturated carbocycles. The Morgan fingerprint density at radius 1 is 1.50 bits per heavy atom. The van der Waals surface area contributed by atoms with Crippen molar-refractivity contribution in [3.8, 4) is 5.75 Å². The van der Waals surface area contributed by atoms with Crippen LogP contribution in [0.3, 0.4) is 0 Å². The highest BCUT2D eigenvalue weighted by Gasteiger charge is 2.28. The fourth-order valence-electron chi connectivity index (χ4n) is 1.09. The Labute approximate surface area is 89.1 Å². The molecular weight excluding hydrogens is 249 g/mol. The summed E-state index contributed by atoms with van der Waals surface area (Å²) in [5, 5.41) is 4.71. The van der Waals surface area contributed by atoms with Crippen molar-refractivity contribution in [1.82, 2.24) is 4.98 Å². The van der Waals surface area contributed by atoms with Crippen LogP contribution in [0.4, 0.5) is 13.2 Å². The molecule has 0 saturated heterocycles. The van der Waals surface area contributed by atoms with Gasteiger partial charge in [-0.25, -0.2) is 27.3 Å². The van der Waals surface area contributed by atoms with Crippen molar-refractivity contribution in [2.75, 3.05) is 7.11 Å². The van der Waals surface area contributed by atoms with Crippen molar-refractivity contribution in [2.24, 2.45) is 5.14 Å². The van der Waals surface area contributed by atoms with E-state index < -0.39 is 38.6 Å². The highest BCUT2D eigenvalue weighted by Crippen LogP contribution is 2.33. The van der Waals surface area contributed by atoms with Gasteiger partial charge in [0.25, 0.3) is 12.4 Å². The smallest absolute Gasteiger partial charge is 0.266 e.